The molecule has 0 radical (unpaired) electrons. The van der Waals surface area contributed by atoms with Crippen LogP contribution < -0.4 is 0 Å². The van der Waals surface area contributed by atoms with Crippen molar-refractivity contribution in [3.63, 3.8) is 0 Å². The normalized spacial score (nSPS) is 27.1. The van der Waals surface area contributed by atoms with E-state index in [4.69, 9.17) is 0 Å². The zero-order chi connectivity index (χ0) is 14.4. The molecule has 118 valence electrons. The molecule has 1 saturated carbocycles. The lowest BCUT2D eigenvalue weighted by Crippen LogP contribution is -2.52. The van der Waals surface area contributed by atoms with E-state index in [1.807, 2.05) is 0 Å². The van der Waals surface area contributed by atoms with Crippen molar-refractivity contribution in [2.24, 2.45) is 5.41 Å². The summed E-state index contributed by atoms with van der Waals surface area (Å²) in [6.45, 7) is 10.9. The fraction of sp³-hybridized carbons (Fsp3) is 1.00. The first-order valence-corrected chi connectivity index (χ1v) is 8.76. The molecule has 1 saturated heterocycles. The zero-order valence-corrected chi connectivity index (χ0v) is 13.6. The summed E-state index contributed by atoms with van der Waals surface area (Å²) in [6, 6.07) is 0.724. The first-order chi connectivity index (χ1) is 9.69. The maximum atomic E-state index is 9.94. The number of piperazine rings is 1. The summed E-state index contributed by atoms with van der Waals surface area (Å²) in [4.78, 5) is 5.23. The molecule has 3 nitrogen and oxygen atoms in total. The van der Waals surface area contributed by atoms with Crippen LogP contribution in [0.4, 0.5) is 0 Å². The number of hydrogen-bond donors (Lipinski definition) is 1. The van der Waals surface area contributed by atoms with Crippen molar-refractivity contribution in [2.45, 2.75) is 64.8 Å². The van der Waals surface area contributed by atoms with Gasteiger partial charge in [-0.3, -0.25) is 4.90 Å². The molecule has 2 aliphatic rings. The molecule has 0 amide bonds. The van der Waals surface area contributed by atoms with Gasteiger partial charge < -0.3 is 10.0 Å². The molecule has 1 aliphatic heterocycles. The highest BCUT2D eigenvalue weighted by Crippen LogP contribution is 2.35. The quantitative estimate of drug-likeness (QED) is 0.786. The first-order valence-electron chi connectivity index (χ1n) is 8.76. The second-order valence-corrected chi connectivity index (χ2v) is 7.14. The lowest BCUT2D eigenvalue weighted by molar-refractivity contribution is 0.0280. The van der Waals surface area contributed by atoms with Crippen molar-refractivity contribution in [1.29, 1.82) is 0 Å². The van der Waals surface area contributed by atoms with Crippen molar-refractivity contribution in [1.82, 2.24) is 9.80 Å². The van der Waals surface area contributed by atoms with Crippen LogP contribution in [-0.4, -0.2) is 60.3 Å². The second-order valence-electron chi connectivity index (χ2n) is 7.14. The van der Waals surface area contributed by atoms with Crippen LogP contribution in [-0.2, 0) is 0 Å². The molecule has 1 unspecified atom stereocenters. The Morgan fingerprint density at radius 1 is 1.00 bits per heavy atom. The highest BCUT2D eigenvalue weighted by atomic mass is 16.3. The van der Waals surface area contributed by atoms with E-state index in [1.54, 1.807) is 0 Å². The molecule has 0 aromatic heterocycles. The zero-order valence-electron chi connectivity index (χ0n) is 13.6. The standard InChI is InChI=1S/C17H34N2O/c1-3-16(2)19-12-10-18(11-13-19)14-17(15-20)8-6-4-5-7-9-17/h16,20H,3-15H2,1-2H3. The average molecular weight is 282 g/mol. The van der Waals surface area contributed by atoms with Gasteiger partial charge >= 0.3 is 0 Å². The monoisotopic (exact) mass is 282 g/mol. The minimum Gasteiger partial charge on any atom is -0.396 e. The van der Waals surface area contributed by atoms with Crippen LogP contribution in [0.5, 0.6) is 0 Å². The third-order valence-electron chi connectivity index (χ3n) is 5.68. The van der Waals surface area contributed by atoms with Gasteiger partial charge in [-0.1, -0.05) is 32.6 Å². The number of aliphatic hydroxyl groups excluding tert-OH is 1. The molecule has 2 fully saturated rings. The van der Waals surface area contributed by atoms with Gasteiger partial charge in [0.1, 0.15) is 0 Å². The second kappa shape index (κ2) is 7.77. The van der Waals surface area contributed by atoms with Gasteiger partial charge in [0.15, 0.2) is 0 Å². The van der Waals surface area contributed by atoms with Crippen molar-refractivity contribution in [3.8, 4) is 0 Å². The molecule has 2 rings (SSSR count). The molecular formula is C17H34N2O. The smallest absolute Gasteiger partial charge is 0.0499 e. The summed E-state index contributed by atoms with van der Waals surface area (Å²) in [5.41, 5.74) is 0.203. The molecular weight excluding hydrogens is 248 g/mol. The van der Waals surface area contributed by atoms with Crippen LogP contribution in [0.3, 0.4) is 0 Å². The van der Waals surface area contributed by atoms with E-state index in [9.17, 15) is 5.11 Å². The van der Waals surface area contributed by atoms with Crippen LogP contribution in [0, 0.1) is 5.41 Å². The van der Waals surface area contributed by atoms with Crippen molar-refractivity contribution in [2.75, 3.05) is 39.3 Å². The van der Waals surface area contributed by atoms with Crippen LogP contribution >= 0.6 is 0 Å². The third-order valence-corrected chi connectivity index (χ3v) is 5.68. The Labute approximate surface area is 125 Å². The van der Waals surface area contributed by atoms with E-state index in [1.165, 1.54) is 71.1 Å². The Morgan fingerprint density at radius 3 is 2.10 bits per heavy atom. The number of nitrogens with zero attached hydrogens (tertiary/aromatic N) is 2. The Balaban J connectivity index is 1.83. The molecule has 0 bridgehead atoms. The van der Waals surface area contributed by atoms with E-state index in [-0.39, 0.29) is 5.41 Å². The Morgan fingerprint density at radius 2 is 1.60 bits per heavy atom. The largest absolute Gasteiger partial charge is 0.396 e. The molecule has 0 aromatic rings. The van der Waals surface area contributed by atoms with E-state index in [0.29, 0.717) is 6.61 Å². The van der Waals surface area contributed by atoms with Crippen LogP contribution in [0.25, 0.3) is 0 Å². The molecule has 1 aliphatic carbocycles. The first kappa shape index (κ1) is 16.3. The SMILES string of the molecule is CCC(C)N1CCN(CC2(CO)CCCCCC2)CC1. The molecule has 1 atom stereocenters. The van der Waals surface area contributed by atoms with E-state index in [0.717, 1.165) is 12.6 Å². The minimum absolute atomic E-state index is 0.203. The van der Waals surface area contributed by atoms with Crippen LogP contribution in [0.15, 0.2) is 0 Å². The predicted octanol–water partition coefficient (Wildman–Crippen LogP) is 2.74. The summed E-state index contributed by atoms with van der Waals surface area (Å²) in [5, 5.41) is 9.94. The van der Waals surface area contributed by atoms with Gasteiger partial charge in [-0.25, -0.2) is 0 Å². The van der Waals surface area contributed by atoms with Gasteiger partial charge in [0.2, 0.25) is 0 Å². The fourth-order valence-electron chi connectivity index (χ4n) is 3.94. The van der Waals surface area contributed by atoms with Gasteiger partial charge in [-0.05, 0) is 26.2 Å². The van der Waals surface area contributed by atoms with Gasteiger partial charge in [0.25, 0.3) is 0 Å². The topological polar surface area (TPSA) is 26.7 Å². The summed E-state index contributed by atoms with van der Waals surface area (Å²) in [7, 11) is 0. The van der Waals surface area contributed by atoms with E-state index in [2.05, 4.69) is 23.6 Å². The molecule has 0 spiro atoms. The minimum atomic E-state index is 0.203. The van der Waals surface area contributed by atoms with Crippen molar-refractivity contribution < 1.29 is 5.11 Å². The Hall–Kier alpha value is -0.120. The molecule has 20 heavy (non-hydrogen) atoms. The van der Waals surface area contributed by atoms with E-state index < -0.39 is 0 Å². The van der Waals surface area contributed by atoms with Crippen molar-refractivity contribution in [3.05, 3.63) is 0 Å². The lowest BCUT2D eigenvalue weighted by atomic mass is 9.80. The maximum absolute atomic E-state index is 9.94. The highest BCUT2D eigenvalue weighted by molar-refractivity contribution is 4.86. The number of hydrogen-bond acceptors (Lipinski definition) is 3. The van der Waals surface area contributed by atoms with E-state index >= 15 is 0 Å². The highest BCUT2D eigenvalue weighted by Gasteiger charge is 2.33. The molecule has 0 aromatic carbocycles. The molecule has 3 heteroatoms. The van der Waals surface area contributed by atoms with Gasteiger partial charge in [0.05, 0.1) is 0 Å². The third kappa shape index (κ3) is 4.19. The fourth-order valence-corrected chi connectivity index (χ4v) is 3.94. The average Bonchev–Trinajstić information content (AvgIpc) is 2.73. The van der Waals surface area contributed by atoms with Gasteiger partial charge in [0, 0.05) is 50.8 Å². The summed E-state index contributed by atoms with van der Waals surface area (Å²) in [6.07, 6.45) is 9.07. The summed E-state index contributed by atoms with van der Waals surface area (Å²) in [5.74, 6) is 0. The van der Waals surface area contributed by atoms with Crippen LogP contribution in [0.2, 0.25) is 0 Å². The number of rotatable bonds is 5. The molecule has 1 N–H and O–H groups in total. The molecule has 1 heterocycles. The van der Waals surface area contributed by atoms with Gasteiger partial charge in [-0.2, -0.15) is 0 Å². The van der Waals surface area contributed by atoms with Crippen molar-refractivity contribution >= 4 is 0 Å². The van der Waals surface area contributed by atoms with Gasteiger partial charge in [-0.15, -0.1) is 0 Å². The van der Waals surface area contributed by atoms with Crippen LogP contribution in [0.1, 0.15) is 58.8 Å². The summed E-state index contributed by atoms with van der Waals surface area (Å²) >= 11 is 0. The summed E-state index contributed by atoms with van der Waals surface area (Å²) < 4.78 is 0. The Bertz CT molecular complexity index is 266. The Kier molecular flexibility index (Phi) is 6.31. The maximum Gasteiger partial charge on any atom is 0.0499 e. The predicted molar refractivity (Wildman–Crippen MR) is 85.0 cm³/mol. The number of aliphatic hydroxyl groups is 1. The lowest BCUT2D eigenvalue weighted by Gasteiger charge is -2.42.